The lowest BCUT2D eigenvalue weighted by atomic mass is 9.91. The molecule has 0 aliphatic carbocycles. The molecule has 0 spiro atoms. The second kappa shape index (κ2) is 13.9. The van der Waals surface area contributed by atoms with Crippen molar-refractivity contribution in [3.63, 3.8) is 0 Å². The third-order valence-electron chi connectivity index (χ3n) is 5.89. The zero-order chi connectivity index (χ0) is 26.7. The summed E-state index contributed by atoms with van der Waals surface area (Å²) in [6.07, 6.45) is 0.816. The van der Waals surface area contributed by atoms with Crippen LogP contribution in [0.2, 0.25) is 0 Å². The number of nitrogens with two attached hydrogens (primary N) is 1. The van der Waals surface area contributed by atoms with Crippen LogP contribution in [0.3, 0.4) is 0 Å². The van der Waals surface area contributed by atoms with Gasteiger partial charge in [0.05, 0.1) is 40.2 Å². The molecule has 2 atom stereocenters. The summed E-state index contributed by atoms with van der Waals surface area (Å²) in [5, 5.41) is 5.42. The molecule has 10 heteroatoms. The minimum Gasteiger partial charge on any atom is -0.494 e. The van der Waals surface area contributed by atoms with Gasteiger partial charge in [-0.15, -0.1) is 0 Å². The van der Waals surface area contributed by atoms with Gasteiger partial charge in [0.2, 0.25) is 11.8 Å². The molecule has 2 unspecified atom stereocenters. The van der Waals surface area contributed by atoms with Crippen molar-refractivity contribution < 1.29 is 28.2 Å². The maximum Gasteiger partial charge on any atom is 0.231 e. The molecule has 4 N–H and O–H groups in total. The summed E-state index contributed by atoms with van der Waals surface area (Å²) < 4.78 is 29.1. The highest BCUT2D eigenvalue weighted by molar-refractivity contribution is 5.97. The van der Waals surface area contributed by atoms with E-state index in [2.05, 4.69) is 15.6 Å². The van der Waals surface area contributed by atoms with Crippen LogP contribution in [0.25, 0.3) is 0 Å². The molecular formula is C26H35FN4O5. The maximum absolute atomic E-state index is 13.6. The lowest BCUT2D eigenvalue weighted by Gasteiger charge is -2.21. The van der Waals surface area contributed by atoms with Crippen LogP contribution in [0, 0.1) is 17.7 Å². The Bertz CT molecular complexity index is 1080. The van der Waals surface area contributed by atoms with Crippen LogP contribution in [0.1, 0.15) is 31.4 Å². The van der Waals surface area contributed by atoms with Crippen molar-refractivity contribution in [2.24, 2.45) is 22.6 Å². The third kappa shape index (κ3) is 8.14. The minimum absolute atomic E-state index is 0.0202. The Morgan fingerprint density at radius 2 is 1.64 bits per heavy atom. The average molecular weight is 503 g/mol. The van der Waals surface area contributed by atoms with E-state index in [1.807, 2.05) is 13.8 Å². The van der Waals surface area contributed by atoms with Gasteiger partial charge in [0.1, 0.15) is 0 Å². The molecule has 196 valence electrons. The summed E-state index contributed by atoms with van der Waals surface area (Å²) in [5.74, 6) is -0.333. The van der Waals surface area contributed by atoms with Crippen molar-refractivity contribution in [2.75, 3.05) is 27.9 Å². The average Bonchev–Trinajstić information content (AvgIpc) is 2.87. The Labute approximate surface area is 211 Å². The fourth-order valence-electron chi connectivity index (χ4n) is 3.54. The summed E-state index contributed by atoms with van der Waals surface area (Å²) in [7, 11) is 4.44. The van der Waals surface area contributed by atoms with E-state index in [1.54, 1.807) is 24.3 Å². The molecule has 0 aliphatic rings. The van der Waals surface area contributed by atoms with E-state index in [9.17, 15) is 14.0 Å². The van der Waals surface area contributed by atoms with Crippen molar-refractivity contribution in [3.05, 3.63) is 53.3 Å². The quantitative estimate of drug-likeness (QED) is 0.303. The van der Waals surface area contributed by atoms with E-state index in [0.717, 1.165) is 6.42 Å². The summed E-state index contributed by atoms with van der Waals surface area (Å²) >= 11 is 0. The molecule has 0 fully saturated rings. The number of guanidine groups is 1. The topological polar surface area (TPSA) is 124 Å². The zero-order valence-electron chi connectivity index (χ0n) is 21.4. The number of hydrogen-bond donors (Lipinski definition) is 3. The van der Waals surface area contributed by atoms with Gasteiger partial charge in [-0.25, -0.2) is 4.39 Å². The van der Waals surface area contributed by atoms with E-state index >= 15 is 0 Å². The van der Waals surface area contributed by atoms with Crippen LogP contribution in [0.15, 0.2) is 41.4 Å². The molecule has 2 rings (SSSR count). The molecule has 2 aromatic carbocycles. The molecule has 0 bridgehead atoms. The molecular weight excluding hydrogens is 467 g/mol. The number of carbonyl (C=O) groups excluding carboxylic acids is 2. The first-order valence-electron chi connectivity index (χ1n) is 11.6. The summed E-state index contributed by atoms with van der Waals surface area (Å²) in [4.78, 5) is 29.6. The normalized spacial score (nSPS) is 12.9. The molecule has 0 aliphatic heterocycles. The van der Waals surface area contributed by atoms with E-state index in [-0.39, 0.29) is 49.0 Å². The van der Waals surface area contributed by atoms with Gasteiger partial charge in [-0.05, 0) is 41.3 Å². The number of nitrogens with one attached hydrogen (secondary N) is 2. The number of halogens is 1. The number of benzene rings is 2. The zero-order valence-corrected chi connectivity index (χ0v) is 21.4. The lowest BCUT2D eigenvalue weighted by molar-refractivity contribution is -0.126. The first-order chi connectivity index (χ1) is 17.2. The predicted molar refractivity (Wildman–Crippen MR) is 136 cm³/mol. The van der Waals surface area contributed by atoms with Crippen molar-refractivity contribution in [1.82, 2.24) is 10.6 Å². The van der Waals surface area contributed by atoms with Crippen LogP contribution in [0.4, 0.5) is 4.39 Å². The largest absolute Gasteiger partial charge is 0.494 e. The van der Waals surface area contributed by atoms with Gasteiger partial charge in [0.25, 0.3) is 0 Å². The fourth-order valence-corrected chi connectivity index (χ4v) is 3.54. The van der Waals surface area contributed by atoms with E-state index in [0.29, 0.717) is 22.6 Å². The SMILES string of the molecule is CCC(C)C(CN=C(N)NC(=O)Cc1ccc(OC)c(OC)c1)C(=O)NCc1ccc(F)c(OC)c1. The number of hydrogen-bond acceptors (Lipinski definition) is 6. The highest BCUT2D eigenvalue weighted by Gasteiger charge is 2.24. The monoisotopic (exact) mass is 502 g/mol. The Morgan fingerprint density at radius 1 is 1.00 bits per heavy atom. The molecule has 0 aromatic heterocycles. The van der Waals surface area contributed by atoms with Crippen molar-refractivity contribution >= 4 is 17.8 Å². The lowest BCUT2D eigenvalue weighted by Crippen LogP contribution is -2.40. The molecule has 0 heterocycles. The van der Waals surface area contributed by atoms with Crippen LogP contribution in [-0.4, -0.2) is 45.6 Å². The van der Waals surface area contributed by atoms with Crippen LogP contribution >= 0.6 is 0 Å². The standard InChI is InChI=1S/C26H35FN4O5/c1-6-16(2)19(25(33)29-14-18-7-9-20(27)22(12-18)35-4)15-30-26(28)31-24(32)13-17-8-10-21(34-3)23(11-17)36-5/h7-12,16,19H,6,13-15H2,1-5H3,(H,29,33)(H3,28,30,31,32). The number of methoxy groups -OCH3 is 3. The summed E-state index contributed by atoms with van der Waals surface area (Å²) in [6, 6.07) is 9.61. The highest BCUT2D eigenvalue weighted by Crippen LogP contribution is 2.27. The van der Waals surface area contributed by atoms with Gasteiger partial charge in [0.15, 0.2) is 29.0 Å². The second-order valence-corrected chi connectivity index (χ2v) is 8.32. The molecule has 9 nitrogen and oxygen atoms in total. The van der Waals surface area contributed by atoms with Crippen molar-refractivity contribution in [1.29, 1.82) is 0 Å². The van der Waals surface area contributed by atoms with Gasteiger partial charge in [-0.1, -0.05) is 32.4 Å². The minimum atomic E-state index is -0.469. The number of nitrogens with zero attached hydrogens (tertiary/aromatic N) is 1. The van der Waals surface area contributed by atoms with Gasteiger partial charge in [-0.3, -0.25) is 19.9 Å². The molecule has 0 saturated carbocycles. The predicted octanol–water partition coefficient (Wildman–Crippen LogP) is 2.80. The summed E-state index contributed by atoms with van der Waals surface area (Å²) in [6.45, 7) is 4.25. The van der Waals surface area contributed by atoms with Gasteiger partial charge < -0.3 is 25.3 Å². The first-order valence-corrected chi connectivity index (χ1v) is 11.6. The van der Waals surface area contributed by atoms with Gasteiger partial charge >= 0.3 is 0 Å². The smallest absolute Gasteiger partial charge is 0.231 e. The summed E-state index contributed by atoms with van der Waals surface area (Å²) in [5.41, 5.74) is 7.34. The molecule has 36 heavy (non-hydrogen) atoms. The molecule has 0 saturated heterocycles. The molecule has 2 amide bonds. The third-order valence-corrected chi connectivity index (χ3v) is 5.89. The number of ether oxygens (including phenoxy) is 3. The Morgan fingerprint density at radius 3 is 2.28 bits per heavy atom. The molecule has 0 radical (unpaired) electrons. The van der Waals surface area contributed by atoms with Gasteiger partial charge in [0, 0.05) is 6.54 Å². The highest BCUT2D eigenvalue weighted by atomic mass is 19.1. The number of amides is 2. The number of aliphatic imine (C=N–C) groups is 1. The Balaban J connectivity index is 1.97. The van der Waals surface area contributed by atoms with Crippen LogP contribution < -0.4 is 30.6 Å². The van der Waals surface area contributed by atoms with Crippen molar-refractivity contribution in [3.8, 4) is 17.2 Å². The number of carbonyl (C=O) groups is 2. The second-order valence-electron chi connectivity index (χ2n) is 8.32. The Kier molecular flexibility index (Phi) is 11.0. The number of rotatable bonds is 12. The van der Waals surface area contributed by atoms with Crippen LogP contribution in [0.5, 0.6) is 17.2 Å². The van der Waals surface area contributed by atoms with Crippen LogP contribution in [-0.2, 0) is 22.6 Å². The van der Waals surface area contributed by atoms with Gasteiger partial charge in [-0.2, -0.15) is 0 Å². The first kappa shape index (κ1) is 28.4. The van der Waals surface area contributed by atoms with E-state index in [1.165, 1.54) is 33.5 Å². The van der Waals surface area contributed by atoms with E-state index < -0.39 is 11.7 Å². The maximum atomic E-state index is 13.6. The Hall–Kier alpha value is -3.82. The van der Waals surface area contributed by atoms with Crippen molar-refractivity contribution in [2.45, 2.75) is 33.2 Å². The molecule has 2 aromatic rings. The van der Waals surface area contributed by atoms with E-state index in [4.69, 9.17) is 19.9 Å². The fraction of sp³-hybridized carbons (Fsp3) is 0.423.